The molecule has 3 rings (SSSR count). The normalized spacial score (nSPS) is 35.0. The molecule has 1 aromatic heterocycles. The van der Waals surface area contributed by atoms with Crippen molar-refractivity contribution in [3.8, 4) is 0 Å². The Balaban J connectivity index is 1.90. The fourth-order valence-electron chi connectivity index (χ4n) is 3.10. The molecule has 0 amide bonds. The van der Waals surface area contributed by atoms with Gasteiger partial charge < -0.3 is 28.5 Å². The van der Waals surface area contributed by atoms with Crippen LogP contribution < -0.4 is 11.4 Å². The lowest BCUT2D eigenvalue weighted by Crippen LogP contribution is -2.56. The molecule has 0 aromatic carbocycles. The van der Waals surface area contributed by atoms with Crippen LogP contribution >= 0.6 is 0 Å². The number of hydrogen-bond donors (Lipinski definition) is 2. The van der Waals surface area contributed by atoms with Gasteiger partial charge in [0, 0.05) is 6.20 Å². The van der Waals surface area contributed by atoms with E-state index in [0.717, 1.165) is 0 Å². The lowest BCUT2D eigenvalue weighted by atomic mass is 10.1. The first-order chi connectivity index (χ1) is 11.1. The van der Waals surface area contributed by atoms with Gasteiger partial charge in [0.05, 0.1) is 6.61 Å². The number of hydrogen-bond acceptors (Lipinski definition) is 8. The van der Waals surface area contributed by atoms with E-state index in [0.29, 0.717) is 0 Å². The molecular formula is C13H23N3O6Si2. The molecule has 0 radical (unpaired) electrons. The van der Waals surface area contributed by atoms with E-state index < -0.39 is 47.4 Å². The second-order valence-corrected chi connectivity index (χ2v) is 13.8. The summed E-state index contributed by atoms with van der Waals surface area (Å²) >= 11 is 0. The molecule has 3 heterocycles. The maximum absolute atomic E-state index is 12.0. The SMILES string of the molecule is C[Si]1(C)OCC2OC(n3ccc(N)nc3=O)C(O)C2O[Si](C)(C)O1. The van der Waals surface area contributed by atoms with Gasteiger partial charge in [0.15, 0.2) is 6.23 Å². The van der Waals surface area contributed by atoms with Crippen LogP contribution in [-0.4, -0.2) is 56.7 Å². The highest BCUT2D eigenvalue weighted by molar-refractivity contribution is 6.78. The largest absolute Gasteiger partial charge is 0.415 e. The maximum atomic E-state index is 12.0. The Morgan fingerprint density at radius 1 is 1.33 bits per heavy atom. The molecule has 11 heteroatoms. The Bertz CT molecular complexity index is 682. The highest BCUT2D eigenvalue weighted by atomic mass is 28.5. The lowest BCUT2D eigenvalue weighted by Gasteiger charge is -2.39. The third-order valence-corrected chi connectivity index (χ3v) is 9.58. The minimum Gasteiger partial charge on any atom is -0.415 e. The van der Waals surface area contributed by atoms with Gasteiger partial charge in [0.1, 0.15) is 24.1 Å². The number of aliphatic hydroxyl groups is 1. The van der Waals surface area contributed by atoms with Gasteiger partial charge in [-0.05, 0) is 32.3 Å². The number of nitrogens with two attached hydrogens (primary N) is 1. The summed E-state index contributed by atoms with van der Waals surface area (Å²) in [4.78, 5) is 15.7. The standard InChI is InChI=1S/C13H23N3O6Si2/c1-23(2)19-7-8-11(21-24(3,4)22-23)10(17)12(20-8)16-6-5-9(14)15-13(16)18/h5-6,8,10-12,17H,7H2,1-4H3,(H2,14,15,18). The van der Waals surface area contributed by atoms with E-state index >= 15 is 0 Å². The van der Waals surface area contributed by atoms with Crippen molar-refractivity contribution < 1.29 is 22.8 Å². The molecular weight excluding hydrogens is 350 g/mol. The molecule has 9 nitrogen and oxygen atoms in total. The minimum absolute atomic E-state index is 0.115. The predicted molar refractivity (Wildman–Crippen MR) is 89.7 cm³/mol. The molecule has 0 aliphatic carbocycles. The summed E-state index contributed by atoms with van der Waals surface area (Å²) in [6.45, 7) is 7.94. The van der Waals surface area contributed by atoms with E-state index in [9.17, 15) is 9.90 Å². The van der Waals surface area contributed by atoms with E-state index in [1.165, 1.54) is 16.8 Å². The second kappa shape index (κ2) is 6.02. The summed E-state index contributed by atoms with van der Waals surface area (Å²) in [6.07, 6.45) is -1.61. The number of aliphatic hydroxyl groups excluding tert-OH is 1. The Morgan fingerprint density at radius 2 is 2.04 bits per heavy atom. The second-order valence-electron chi connectivity index (χ2n) is 6.89. The molecule has 3 N–H and O–H groups in total. The number of aromatic nitrogens is 2. The van der Waals surface area contributed by atoms with Gasteiger partial charge in [0.2, 0.25) is 0 Å². The number of nitrogens with zero attached hydrogens (tertiary/aromatic N) is 2. The first-order valence-electron chi connectivity index (χ1n) is 7.78. The quantitative estimate of drug-likeness (QED) is 0.656. The number of anilines is 1. The van der Waals surface area contributed by atoms with Gasteiger partial charge >= 0.3 is 22.8 Å². The molecule has 2 saturated heterocycles. The fraction of sp³-hybridized carbons (Fsp3) is 0.692. The first kappa shape index (κ1) is 17.7. The van der Waals surface area contributed by atoms with Crippen LogP contribution in [0.2, 0.25) is 26.2 Å². The molecule has 4 atom stereocenters. The average Bonchev–Trinajstić information content (AvgIpc) is 2.71. The summed E-state index contributed by atoms with van der Waals surface area (Å²) in [6, 6.07) is 1.48. The number of fused-ring (bicyclic) bond motifs is 1. The number of ether oxygens (including phenoxy) is 1. The molecule has 2 fully saturated rings. The van der Waals surface area contributed by atoms with E-state index in [-0.39, 0.29) is 12.4 Å². The van der Waals surface area contributed by atoms with E-state index in [1.807, 2.05) is 26.2 Å². The first-order valence-corrected chi connectivity index (χ1v) is 13.4. The van der Waals surface area contributed by atoms with Crippen LogP contribution in [0.15, 0.2) is 17.1 Å². The zero-order valence-electron chi connectivity index (χ0n) is 14.1. The van der Waals surface area contributed by atoms with Crippen molar-refractivity contribution in [2.45, 2.75) is 50.7 Å². The van der Waals surface area contributed by atoms with Crippen LogP contribution in [-0.2, 0) is 17.7 Å². The van der Waals surface area contributed by atoms with E-state index in [4.69, 9.17) is 23.4 Å². The third kappa shape index (κ3) is 3.47. The van der Waals surface area contributed by atoms with Gasteiger partial charge in [-0.15, -0.1) is 0 Å². The molecule has 2 aliphatic heterocycles. The summed E-state index contributed by atoms with van der Waals surface area (Å²) < 4.78 is 25.2. The zero-order valence-corrected chi connectivity index (χ0v) is 16.1. The van der Waals surface area contributed by atoms with E-state index in [1.54, 1.807) is 0 Å². The van der Waals surface area contributed by atoms with Crippen LogP contribution in [0.25, 0.3) is 0 Å². The summed E-state index contributed by atoms with van der Waals surface area (Å²) in [5.74, 6) is 0.115. The maximum Gasteiger partial charge on any atom is 0.351 e. The lowest BCUT2D eigenvalue weighted by molar-refractivity contribution is -0.0572. The van der Waals surface area contributed by atoms with Crippen molar-refractivity contribution in [2.75, 3.05) is 12.3 Å². The third-order valence-electron chi connectivity index (χ3n) is 3.94. The predicted octanol–water partition coefficient (Wildman–Crippen LogP) is -0.0806. The van der Waals surface area contributed by atoms with Crippen LogP contribution in [0.3, 0.4) is 0 Å². The van der Waals surface area contributed by atoms with Crippen LogP contribution in [0.4, 0.5) is 5.82 Å². The molecule has 24 heavy (non-hydrogen) atoms. The van der Waals surface area contributed by atoms with Gasteiger partial charge in [-0.2, -0.15) is 4.98 Å². The number of rotatable bonds is 1. The van der Waals surface area contributed by atoms with Crippen LogP contribution in [0.1, 0.15) is 6.23 Å². The molecule has 0 spiro atoms. The van der Waals surface area contributed by atoms with Crippen molar-refractivity contribution in [3.63, 3.8) is 0 Å². The Hall–Kier alpha value is -1.09. The topological polar surface area (TPSA) is 118 Å². The summed E-state index contributed by atoms with van der Waals surface area (Å²) in [7, 11) is -4.85. The highest BCUT2D eigenvalue weighted by Crippen LogP contribution is 2.35. The minimum atomic E-state index is -2.52. The van der Waals surface area contributed by atoms with Gasteiger partial charge in [0.25, 0.3) is 0 Å². The molecule has 1 aromatic rings. The van der Waals surface area contributed by atoms with Crippen molar-refractivity contribution >= 4 is 22.9 Å². The Kier molecular flexibility index (Phi) is 4.44. The van der Waals surface area contributed by atoms with Crippen LogP contribution in [0, 0.1) is 0 Å². The van der Waals surface area contributed by atoms with Crippen LogP contribution in [0.5, 0.6) is 0 Å². The number of nitrogen functional groups attached to an aromatic ring is 1. The van der Waals surface area contributed by atoms with Gasteiger partial charge in [-0.1, -0.05) is 0 Å². The molecule has 134 valence electrons. The molecule has 0 saturated carbocycles. The summed E-state index contributed by atoms with van der Waals surface area (Å²) in [5.41, 5.74) is 4.92. The molecule has 2 aliphatic rings. The Labute approximate surface area is 141 Å². The molecule has 4 unspecified atom stereocenters. The Morgan fingerprint density at radius 3 is 2.71 bits per heavy atom. The van der Waals surface area contributed by atoms with Gasteiger partial charge in [-0.25, -0.2) is 4.79 Å². The van der Waals surface area contributed by atoms with Crippen molar-refractivity contribution in [3.05, 3.63) is 22.7 Å². The van der Waals surface area contributed by atoms with Gasteiger partial charge in [-0.3, -0.25) is 4.57 Å². The zero-order chi connectivity index (χ0) is 17.7. The van der Waals surface area contributed by atoms with E-state index in [2.05, 4.69) is 4.98 Å². The fourth-order valence-corrected chi connectivity index (χ4v) is 9.78. The molecule has 0 bridgehead atoms. The monoisotopic (exact) mass is 373 g/mol. The summed E-state index contributed by atoms with van der Waals surface area (Å²) in [5, 5.41) is 10.7. The smallest absolute Gasteiger partial charge is 0.351 e. The highest BCUT2D eigenvalue weighted by Gasteiger charge is 2.52. The van der Waals surface area contributed by atoms with Crippen molar-refractivity contribution in [1.82, 2.24) is 9.55 Å². The van der Waals surface area contributed by atoms with Crippen molar-refractivity contribution in [1.29, 1.82) is 0 Å². The van der Waals surface area contributed by atoms with Crippen molar-refractivity contribution in [2.24, 2.45) is 0 Å². The average molecular weight is 374 g/mol.